The molecule has 1 heterocycles. The Morgan fingerprint density at radius 1 is 1.25 bits per heavy atom. The van der Waals surface area contributed by atoms with Crippen molar-refractivity contribution in [3.63, 3.8) is 0 Å². The molecule has 64 valence electrons. The van der Waals surface area contributed by atoms with E-state index in [0.29, 0.717) is 6.42 Å². The van der Waals surface area contributed by atoms with E-state index in [2.05, 4.69) is 4.90 Å². The van der Waals surface area contributed by atoms with Crippen LogP contribution in [-0.2, 0) is 4.79 Å². The summed E-state index contributed by atoms with van der Waals surface area (Å²) in [7, 11) is 0. The third-order valence-corrected chi connectivity index (χ3v) is 2.43. The molecule has 2 nitrogen and oxygen atoms in total. The van der Waals surface area contributed by atoms with Crippen LogP contribution in [0.3, 0.4) is 0 Å². The summed E-state index contributed by atoms with van der Waals surface area (Å²) in [4.78, 5) is 13.6. The van der Waals surface area contributed by atoms with Crippen molar-refractivity contribution < 1.29 is 4.79 Å². The van der Waals surface area contributed by atoms with E-state index >= 15 is 0 Å². The summed E-state index contributed by atoms with van der Waals surface area (Å²) in [5, 5.41) is 0. The first-order valence-corrected chi connectivity index (χ1v) is 4.53. The number of hydrogen-bond acceptors (Lipinski definition) is 2. The van der Waals surface area contributed by atoms with Crippen LogP contribution >= 0.6 is 0 Å². The first kappa shape index (κ1) is 7.59. The van der Waals surface area contributed by atoms with Crippen molar-refractivity contribution in [3.05, 3.63) is 23.9 Å². The Bertz CT molecular complexity index is 247. The number of Topliss-reactive ketones (excluding diaryl/α,β-unsaturated/α-hetero) is 1. The van der Waals surface area contributed by atoms with Gasteiger partial charge in [-0.2, -0.15) is 0 Å². The molecule has 0 amide bonds. The van der Waals surface area contributed by atoms with Crippen molar-refractivity contribution in [2.24, 2.45) is 0 Å². The summed E-state index contributed by atoms with van der Waals surface area (Å²) in [6.45, 7) is 2.12. The van der Waals surface area contributed by atoms with Crippen molar-refractivity contribution in [2.75, 3.05) is 13.1 Å². The van der Waals surface area contributed by atoms with Gasteiger partial charge >= 0.3 is 0 Å². The van der Waals surface area contributed by atoms with Gasteiger partial charge in [-0.3, -0.25) is 4.79 Å². The van der Waals surface area contributed by atoms with Crippen LogP contribution in [0.1, 0.15) is 19.3 Å². The predicted octanol–water partition coefficient (Wildman–Crippen LogP) is 1.50. The predicted molar refractivity (Wildman–Crippen MR) is 47.7 cm³/mol. The smallest absolute Gasteiger partial charge is 0.182 e. The second-order valence-corrected chi connectivity index (χ2v) is 3.30. The van der Waals surface area contributed by atoms with Crippen molar-refractivity contribution in [2.45, 2.75) is 19.3 Å². The van der Waals surface area contributed by atoms with Crippen LogP contribution in [0.25, 0.3) is 0 Å². The van der Waals surface area contributed by atoms with Gasteiger partial charge in [0.25, 0.3) is 0 Å². The normalized spacial score (nSPS) is 23.2. The molecule has 1 aliphatic heterocycles. The molecule has 0 unspecified atom stereocenters. The Morgan fingerprint density at radius 2 is 2.00 bits per heavy atom. The van der Waals surface area contributed by atoms with Crippen LogP contribution in [0.2, 0.25) is 0 Å². The number of ketones is 1. The van der Waals surface area contributed by atoms with E-state index in [1.54, 1.807) is 0 Å². The highest BCUT2D eigenvalue weighted by atomic mass is 16.1. The molecule has 0 N–H and O–H groups in total. The molecule has 0 bridgehead atoms. The zero-order chi connectivity index (χ0) is 8.39. The van der Waals surface area contributed by atoms with Gasteiger partial charge in [-0.1, -0.05) is 12.2 Å². The lowest BCUT2D eigenvalue weighted by Crippen LogP contribution is -2.25. The number of rotatable bonds is 1. The highest BCUT2D eigenvalue weighted by Gasteiger charge is 2.20. The number of carbonyl (C=O) groups excluding carboxylic acids is 1. The summed E-state index contributed by atoms with van der Waals surface area (Å²) < 4.78 is 0. The van der Waals surface area contributed by atoms with E-state index in [4.69, 9.17) is 0 Å². The first-order valence-electron chi connectivity index (χ1n) is 4.53. The lowest BCUT2D eigenvalue weighted by molar-refractivity contribution is -0.116. The lowest BCUT2D eigenvalue weighted by Gasteiger charge is -2.20. The molecule has 1 aliphatic carbocycles. The van der Waals surface area contributed by atoms with Gasteiger partial charge in [0.2, 0.25) is 0 Å². The fourth-order valence-electron chi connectivity index (χ4n) is 1.77. The van der Waals surface area contributed by atoms with Gasteiger partial charge < -0.3 is 4.90 Å². The average Bonchev–Trinajstić information content (AvgIpc) is 2.57. The first-order chi connectivity index (χ1) is 5.88. The summed E-state index contributed by atoms with van der Waals surface area (Å²) in [5.41, 5.74) is 0.926. The Morgan fingerprint density at radius 3 is 2.67 bits per heavy atom. The van der Waals surface area contributed by atoms with Crippen LogP contribution in [0.5, 0.6) is 0 Å². The topological polar surface area (TPSA) is 20.3 Å². The fraction of sp³-hybridized carbons (Fsp3) is 0.500. The summed E-state index contributed by atoms with van der Waals surface area (Å²) >= 11 is 0. The Labute approximate surface area is 72.6 Å². The zero-order valence-electron chi connectivity index (χ0n) is 7.12. The zero-order valence-corrected chi connectivity index (χ0v) is 7.12. The Balaban J connectivity index is 2.14. The molecule has 2 rings (SSSR count). The maximum atomic E-state index is 11.4. The molecule has 0 atom stereocenters. The monoisotopic (exact) mass is 163 g/mol. The molecule has 0 aromatic carbocycles. The largest absolute Gasteiger partial charge is 0.369 e. The van der Waals surface area contributed by atoms with Gasteiger partial charge in [0, 0.05) is 19.5 Å². The van der Waals surface area contributed by atoms with Crippen LogP contribution in [0, 0.1) is 0 Å². The standard InChI is InChI=1S/C10H13NO/c12-10-6-2-1-5-9(10)11-7-3-4-8-11/h1-2,5H,3-4,6-8H2. The summed E-state index contributed by atoms with van der Waals surface area (Å²) in [5.74, 6) is 0.277. The highest BCUT2D eigenvalue weighted by Crippen LogP contribution is 2.18. The number of hydrogen-bond donors (Lipinski definition) is 0. The van der Waals surface area contributed by atoms with E-state index in [1.165, 1.54) is 12.8 Å². The molecule has 0 aromatic rings. The van der Waals surface area contributed by atoms with Crippen molar-refractivity contribution in [1.29, 1.82) is 0 Å². The molecule has 0 saturated carbocycles. The van der Waals surface area contributed by atoms with E-state index < -0.39 is 0 Å². The number of likely N-dealkylation sites (tertiary alicyclic amines) is 1. The Kier molecular flexibility index (Phi) is 1.98. The molecular formula is C10H13NO. The molecule has 0 aromatic heterocycles. The van der Waals surface area contributed by atoms with Gasteiger partial charge in [-0.05, 0) is 18.9 Å². The third-order valence-electron chi connectivity index (χ3n) is 2.43. The average molecular weight is 163 g/mol. The minimum Gasteiger partial charge on any atom is -0.369 e. The number of nitrogens with zero attached hydrogens (tertiary/aromatic N) is 1. The molecule has 1 fully saturated rings. The number of carbonyl (C=O) groups is 1. The van der Waals surface area contributed by atoms with Crippen molar-refractivity contribution >= 4 is 5.78 Å². The van der Waals surface area contributed by atoms with Gasteiger partial charge in [0.1, 0.15) is 0 Å². The summed E-state index contributed by atoms with van der Waals surface area (Å²) in [6.07, 6.45) is 8.89. The minimum atomic E-state index is 0.277. The van der Waals surface area contributed by atoms with Crippen molar-refractivity contribution in [1.82, 2.24) is 4.90 Å². The SMILES string of the molecule is O=C1CC=CC=C1N1CCCC1. The Hall–Kier alpha value is -1.05. The molecule has 2 aliphatic rings. The number of allylic oxidation sites excluding steroid dienone is 4. The van der Waals surface area contributed by atoms with Gasteiger partial charge in [0.15, 0.2) is 5.78 Å². The van der Waals surface area contributed by atoms with E-state index in [0.717, 1.165) is 18.8 Å². The third kappa shape index (κ3) is 1.29. The summed E-state index contributed by atoms with van der Waals surface area (Å²) in [6, 6.07) is 0. The van der Waals surface area contributed by atoms with E-state index in [1.807, 2.05) is 18.2 Å². The van der Waals surface area contributed by atoms with E-state index in [-0.39, 0.29) is 5.78 Å². The van der Waals surface area contributed by atoms with Crippen molar-refractivity contribution in [3.8, 4) is 0 Å². The molecule has 1 saturated heterocycles. The molecule has 0 radical (unpaired) electrons. The second-order valence-electron chi connectivity index (χ2n) is 3.30. The maximum absolute atomic E-state index is 11.4. The quantitative estimate of drug-likeness (QED) is 0.583. The fourth-order valence-corrected chi connectivity index (χ4v) is 1.77. The van der Waals surface area contributed by atoms with Gasteiger partial charge in [-0.15, -0.1) is 0 Å². The van der Waals surface area contributed by atoms with Crippen LogP contribution in [-0.4, -0.2) is 23.8 Å². The molecular weight excluding hydrogens is 150 g/mol. The maximum Gasteiger partial charge on any atom is 0.182 e. The van der Waals surface area contributed by atoms with Gasteiger partial charge in [-0.25, -0.2) is 0 Å². The lowest BCUT2D eigenvalue weighted by atomic mass is 10.1. The highest BCUT2D eigenvalue weighted by molar-refractivity contribution is 5.97. The van der Waals surface area contributed by atoms with Crippen LogP contribution < -0.4 is 0 Å². The molecule has 12 heavy (non-hydrogen) atoms. The van der Waals surface area contributed by atoms with Gasteiger partial charge in [0.05, 0.1) is 5.70 Å². The molecule has 2 heteroatoms. The minimum absolute atomic E-state index is 0.277. The second kappa shape index (κ2) is 3.13. The van der Waals surface area contributed by atoms with Crippen LogP contribution in [0.4, 0.5) is 0 Å². The van der Waals surface area contributed by atoms with E-state index in [9.17, 15) is 4.79 Å². The van der Waals surface area contributed by atoms with Crippen LogP contribution in [0.15, 0.2) is 23.9 Å². The molecule has 0 spiro atoms.